The topological polar surface area (TPSA) is 41.5 Å². The van der Waals surface area contributed by atoms with Gasteiger partial charge in [0.2, 0.25) is 0 Å². The van der Waals surface area contributed by atoms with Crippen LogP contribution in [0.15, 0.2) is 11.6 Å². The first kappa shape index (κ1) is 14.7. The highest BCUT2D eigenvalue weighted by Crippen LogP contribution is 2.19. The van der Waals surface area contributed by atoms with Gasteiger partial charge in [0.15, 0.2) is 0 Å². The van der Waals surface area contributed by atoms with Crippen molar-refractivity contribution < 1.29 is 9.84 Å². The van der Waals surface area contributed by atoms with Crippen molar-refractivity contribution in [3.63, 3.8) is 0 Å². The molecule has 0 saturated heterocycles. The summed E-state index contributed by atoms with van der Waals surface area (Å²) in [4.78, 5) is 0. The van der Waals surface area contributed by atoms with Crippen LogP contribution in [0.4, 0.5) is 0 Å². The average molecular weight is 241 g/mol. The summed E-state index contributed by atoms with van der Waals surface area (Å²) in [7, 11) is 0. The van der Waals surface area contributed by atoms with Crippen LogP contribution in [0, 0.1) is 0 Å². The zero-order valence-corrected chi connectivity index (χ0v) is 11.2. The van der Waals surface area contributed by atoms with E-state index in [4.69, 9.17) is 4.74 Å². The van der Waals surface area contributed by atoms with Gasteiger partial charge in [-0.1, -0.05) is 11.6 Å². The van der Waals surface area contributed by atoms with Gasteiger partial charge < -0.3 is 15.2 Å². The van der Waals surface area contributed by atoms with Gasteiger partial charge in [0.25, 0.3) is 0 Å². The minimum Gasteiger partial charge on any atom is -0.389 e. The lowest BCUT2D eigenvalue weighted by Crippen LogP contribution is -2.32. The lowest BCUT2D eigenvalue weighted by molar-refractivity contribution is 0.00651. The van der Waals surface area contributed by atoms with Crippen molar-refractivity contribution in [3.8, 4) is 0 Å². The summed E-state index contributed by atoms with van der Waals surface area (Å²) in [5.74, 6) is 0. The Morgan fingerprint density at radius 3 is 2.88 bits per heavy atom. The van der Waals surface area contributed by atoms with Crippen molar-refractivity contribution in [3.05, 3.63) is 11.6 Å². The quantitative estimate of drug-likeness (QED) is 0.506. The van der Waals surface area contributed by atoms with Gasteiger partial charge in [-0.25, -0.2) is 0 Å². The minimum absolute atomic E-state index is 0.192. The monoisotopic (exact) mass is 241 g/mol. The van der Waals surface area contributed by atoms with Crippen molar-refractivity contribution in [1.29, 1.82) is 0 Å². The Labute approximate surface area is 105 Å². The molecule has 0 radical (unpaired) electrons. The molecule has 0 aromatic rings. The Balaban J connectivity index is 1.97. The highest BCUT2D eigenvalue weighted by atomic mass is 16.5. The Bertz CT molecular complexity index is 226. The third-order valence-electron chi connectivity index (χ3n) is 3.01. The van der Waals surface area contributed by atoms with Gasteiger partial charge in [0, 0.05) is 6.54 Å². The molecular weight excluding hydrogens is 214 g/mol. The van der Waals surface area contributed by atoms with E-state index in [2.05, 4.69) is 11.4 Å². The van der Waals surface area contributed by atoms with Crippen molar-refractivity contribution in [2.75, 3.05) is 19.7 Å². The molecule has 0 fully saturated rings. The van der Waals surface area contributed by atoms with Crippen LogP contribution < -0.4 is 5.32 Å². The summed E-state index contributed by atoms with van der Waals surface area (Å²) in [6, 6.07) is 0. The Morgan fingerprint density at radius 1 is 1.41 bits per heavy atom. The number of rotatable bonds is 8. The number of ether oxygens (including phenoxy) is 1. The van der Waals surface area contributed by atoms with E-state index in [0.717, 1.165) is 13.0 Å². The van der Waals surface area contributed by atoms with Crippen LogP contribution in [0.5, 0.6) is 0 Å². The molecule has 1 aliphatic carbocycles. The first-order valence-electron chi connectivity index (χ1n) is 6.86. The predicted molar refractivity (Wildman–Crippen MR) is 71.1 cm³/mol. The van der Waals surface area contributed by atoms with Crippen LogP contribution in [-0.4, -0.2) is 37.0 Å². The Hall–Kier alpha value is -0.380. The second-order valence-electron chi connectivity index (χ2n) is 5.10. The first-order chi connectivity index (χ1) is 8.18. The molecule has 1 aliphatic rings. The number of hydrogen-bond acceptors (Lipinski definition) is 3. The standard InChI is InChI=1S/C14H27NO2/c1-12(2)17-11-14(16)10-15-9-8-13-6-4-3-5-7-13/h6,12,14-16H,3-5,7-11H2,1-2H3. The molecule has 1 rings (SSSR count). The maximum atomic E-state index is 9.63. The van der Waals surface area contributed by atoms with E-state index in [1.54, 1.807) is 5.57 Å². The molecule has 1 atom stereocenters. The molecule has 3 nitrogen and oxygen atoms in total. The smallest absolute Gasteiger partial charge is 0.0897 e. The first-order valence-corrected chi connectivity index (χ1v) is 6.86. The van der Waals surface area contributed by atoms with Crippen LogP contribution in [0.3, 0.4) is 0 Å². The van der Waals surface area contributed by atoms with E-state index in [0.29, 0.717) is 13.2 Å². The summed E-state index contributed by atoms with van der Waals surface area (Å²) < 4.78 is 5.35. The molecule has 0 aromatic heterocycles. The number of aliphatic hydroxyl groups is 1. The summed E-state index contributed by atoms with van der Waals surface area (Å²) in [5, 5.41) is 12.9. The molecule has 0 heterocycles. The SMILES string of the molecule is CC(C)OCC(O)CNCCC1=CCCCC1. The second kappa shape index (κ2) is 8.67. The van der Waals surface area contributed by atoms with Crippen molar-refractivity contribution >= 4 is 0 Å². The summed E-state index contributed by atoms with van der Waals surface area (Å²) in [5.41, 5.74) is 1.58. The lowest BCUT2D eigenvalue weighted by atomic mass is 9.97. The van der Waals surface area contributed by atoms with Gasteiger partial charge in [-0.2, -0.15) is 0 Å². The van der Waals surface area contributed by atoms with E-state index >= 15 is 0 Å². The van der Waals surface area contributed by atoms with Crippen LogP contribution in [0.1, 0.15) is 46.0 Å². The highest BCUT2D eigenvalue weighted by molar-refractivity contribution is 5.05. The molecule has 0 saturated carbocycles. The summed E-state index contributed by atoms with van der Waals surface area (Å²) in [6.45, 7) is 5.98. The van der Waals surface area contributed by atoms with Crippen LogP contribution >= 0.6 is 0 Å². The maximum Gasteiger partial charge on any atom is 0.0897 e. The number of hydrogen-bond donors (Lipinski definition) is 2. The van der Waals surface area contributed by atoms with Crippen molar-refractivity contribution in [2.45, 2.75) is 58.2 Å². The molecule has 1 unspecified atom stereocenters. The van der Waals surface area contributed by atoms with Gasteiger partial charge in [-0.3, -0.25) is 0 Å². The predicted octanol–water partition coefficient (Wildman–Crippen LogP) is 2.25. The van der Waals surface area contributed by atoms with Crippen LogP contribution in [-0.2, 0) is 4.74 Å². The second-order valence-corrected chi connectivity index (χ2v) is 5.10. The van der Waals surface area contributed by atoms with Crippen molar-refractivity contribution in [2.24, 2.45) is 0 Å². The molecule has 0 amide bonds. The molecule has 2 N–H and O–H groups in total. The fourth-order valence-corrected chi connectivity index (χ4v) is 2.01. The summed E-state index contributed by atoms with van der Waals surface area (Å²) >= 11 is 0. The van der Waals surface area contributed by atoms with Crippen LogP contribution in [0.2, 0.25) is 0 Å². The van der Waals surface area contributed by atoms with Gasteiger partial charge in [0.1, 0.15) is 0 Å². The molecule has 100 valence electrons. The lowest BCUT2D eigenvalue weighted by Gasteiger charge is -2.16. The summed E-state index contributed by atoms with van der Waals surface area (Å²) in [6.07, 6.45) is 8.51. The zero-order chi connectivity index (χ0) is 12.5. The molecule has 3 heteroatoms. The minimum atomic E-state index is -0.391. The third kappa shape index (κ3) is 7.53. The number of aliphatic hydroxyl groups excluding tert-OH is 1. The molecule has 0 aliphatic heterocycles. The van der Waals surface area contributed by atoms with Gasteiger partial charge in [-0.05, 0) is 52.5 Å². The zero-order valence-electron chi connectivity index (χ0n) is 11.2. The van der Waals surface area contributed by atoms with Gasteiger partial charge in [-0.15, -0.1) is 0 Å². The normalized spacial score (nSPS) is 18.2. The third-order valence-corrected chi connectivity index (χ3v) is 3.01. The van der Waals surface area contributed by atoms with E-state index in [1.165, 1.54) is 25.7 Å². The Kier molecular flexibility index (Phi) is 7.49. The van der Waals surface area contributed by atoms with E-state index in [9.17, 15) is 5.11 Å². The fourth-order valence-electron chi connectivity index (χ4n) is 2.01. The average Bonchev–Trinajstić information content (AvgIpc) is 2.33. The van der Waals surface area contributed by atoms with Crippen LogP contribution in [0.25, 0.3) is 0 Å². The number of nitrogens with one attached hydrogen (secondary N) is 1. The van der Waals surface area contributed by atoms with E-state index in [1.807, 2.05) is 13.8 Å². The molecule has 0 aromatic carbocycles. The maximum absolute atomic E-state index is 9.63. The molecule has 0 bridgehead atoms. The Morgan fingerprint density at radius 2 is 2.24 bits per heavy atom. The molecule has 0 spiro atoms. The largest absolute Gasteiger partial charge is 0.389 e. The van der Waals surface area contributed by atoms with Gasteiger partial charge in [0.05, 0.1) is 18.8 Å². The highest BCUT2D eigenvalue weighted by Gasteiger charge is 2.06. The fraction of sp³-hybridized carbons (Fsp3) is 0.857. The van der Waals surface area contributed by atoms with E-state index < -0.39 is 6.10 Å². The van der Waals surface area contributed by atoms with E-state index in [-0.39, 0.29) is 6.10 Å². The number of allylic oxidation sites excluding steroid dienone is 1. The van der Waals surface area contributed by atoms with Gasteiger partial charge >= 0.3 is 0 Å². The molecular formula is C14H27NO2. The van der Waals surface area contributed by atoms with Crippen molar-refractivity contribution in [1.82, 2.24) is 5.32 Å². The molecule has 17 heavy (non-hydrogen) atoms.